The molecule has 0 aliphatic carbocycles. The molecule has 3 aromatic rings. The Morgan fingerprint density at radius 1 is 0.690 bits per heavy atom. The number of aryl methyl sites for hydroxylation is 3. The van der Waals surface area contributed by atoms with E-state index in [1.165, 1.54) is 16.7 Å². The Hall–Kier alpha value is -3.11. The molecule has 1 aliphatic heterocycles. The first-order valence-electron chi connectivity index (χ1n) is 9.45. The maximum Gasteiger partial charge on any atom is 0.272 e. The molecule has 1 heterocycles. The van der Waals surface area contributed by atoms with Crippen LogP contribution >= 0.6 is 11.8 Å². The third-order valence-corrected chi connectivity index (χ3v) is 5.90. The lowest BCUT2D eigenvalue weighted by Crippen LogP contribution is -2.31. The highest BCUT2D eigenvalue weighted by Gasteiger charge is 2.40. The molecule has 0 radical (unpaired) electrons. The Morgan fingerprint density at radius 2 is 1.31 bits per heavy atom. The molecule has 4 rings (SSSR count). The van der Waals surface area contributed by atoms with Gasteiger partial charge in [0.2, 0.25) is 0 Å². The maximum absolute atomic E-state index is 13.5. The molecular weight excluding hydrogens is 378 g/mol. The van der Waals surface area contributed by atoms with Crippen LogP contribution in [0.4, 0.5) is 5.69 Å². The molecule has 0 saturated carbocycles. The van der Waals surface area contributed by atoms with E-state index in [9.17, 15) is 9.59 Å². The smallest absolute Gasteiger partial charge is 0.268 e. The maximum atomic E-state index is 13.5. The minimum atomic E-state index is -0.276. The second kappa shape index (κ2) is 7.72. The number of rotatable bonds is 4. The van der Waals surface area contributed by atoms with Crippen LogP contribution in [0.1, 0.15) is 22.3 Å². The lowest BCUT2D eigenvalue weighted by molar-refractivity contribution is -0.119. The van der Waals surface area contributed by atoms with Crippen molar-refractivity contribution in [2.45, 2.75) is 25.7 Å². The van der Waals surface area contributed by atoms with Crippen molar-refractivity contribution in [3.8, 4) is 0 Å². The number of hydrogen-bond acceptors (Lipinski definition) is 3. The summed E-state index contributed by atoms with van der Waals surface area (Å²) in [4.78, 5) is 29.6. The summed E-state index contributed by atoms with van der Waals surface area (Å²) < 4.78 is 0. The van der Waals surface area contributed by atoms with Gasteiger partial charge < -0.3 is 0 Å². The second-order valence-electron chi connectivity index (χ2n) is 7.28. The summed E-state index contributed by atoms with van der Waals surface area (Å²) in [6, 6.07) is 23.2. The van der Waals surface area contributed by atoms with Gasteiger partial charge in [0.15, 0.2) is 0 Å². The van der Waals surface area contributed by atoms with Crippen LogP contribution in [0.5, 0.6) is 0 Å². The molecule has 0 saturated heterocycles. The van der Waals surface area contributed by atoms with Gasteiger partial charge in [0.25, 0.3) is 11.8 Å². The Morgan fingerprint density at radius 3 is 1.93 bits per heavy atom. The first kappa shape index (κ1) is 19.2. The molecule has 29 heavy (non-hydrogen) atoms. The fourth-order valence-electron chi connectivity index (χ4n) is 3.50. The van der Waals surface area contributed by atoms with Crippen LogP contribution in [-0.4, -0.2) is 11.8 Å². The summed E-state index contributed by atoms with van der Waals surface area (Å²) >= 11 is 1.34. The zero-order valence-corrected chi connectivity index (χ0v) is 17.4. The van der Waals surface area contributed by atoms with Crippen molar-refractivity contribution in [3.63, 3.8) is 0 Å². The Labute approximate surface area is 175 Å². The fraction of sp³-hybridized carbons (Fsp3) is 0.120. The first-order valence-corrected chi connectivity index (χ1v) is 10.3. The fourth-order valence-corrected chi connectivity index (χ4v) is 4.51. The normalized spacial score (nSPS) is 14.1. The Kier molecular flexibility index (Phi) is 5.12. The largest absolute Gasteiger partial charge is 0.272 e. The van der Waals surface area contributed by atoms with E-state index in [1.807, 2.05) is 93.6 Å². The zero-order chi connectivity index (χ0) is 20.5. The number of hydrogen-bond donors (Lipinski definition) is 0. The molecule has 4 heteroatoms. The van der Waals surface area contributed by atoms with Crippen molar-refractivity contribution < 1.29 is 9.59 Å². The average molecular weight is 400 g/mol. The molecule has 0 aromatic heterocycles. The lowest BCUT2D eigenvalue weighted by Gasteiger charge is -2.16. The SMILES string of the molecule is Cc1ccc(C2=C(Sc3ccccc3)C(=O)N(c3cc(C)cc(C)c3)C2=O)cc1. The van der Waals surface area contributed by atoms with Crippen LogP contribution in [0.25, 0.3) is 5.57 Å². The van der Waals surface area contributed by atoms with E-state index < -0.39 is 0 Å². The standard InChI is InChI=1S/C25H21NO2S/c1-16-9-11-19(12-10-16)22-23(29-21-7-5-4-6-8-21)25(28)26(24(22)27)20-14-17(2)13-18(3)15-20/h4-15H,1-3H3. The molecule has 0 bridgehead atoms. The van der Waals surface area contributed by atoms with Crippen LogP contribution < -0.4 is 4.90 Å². The number of carbonyl (C=O) groups excluding carboxylic acids is 2. The highest BCUT2D eigenvalue weighted by Crippen LogP contribution is 2.41. The molecule has 1 aliphatic rings. The van der Waals surface area contributed by atoms with E-state index in [4.69, 9.17) is 0 Å². The number of amides is 2. The predicted octanol–water partition coefficient (Wildman–Crippen LogP) is 5.69. The van der Waals surface area contributed by atoms with Gasteiger partial charge in [-0.25, -0.2) is 4.90 Å². The van der Waals surface area contributed by atoms with E-state index in [2.05, 4.69) is 0 Å². The van der Waals surface area contributed by atoms with E-state index in [-0.39, 0.29) is 11.8 Å². The summed E-state index contributed by atoms with van der Waals surface area (Å²) in [6.45, 7) is 5.94. The van der Waals surface area contributed by atoms with E-state index >= 15 is 0 Å². The van der Waals surface area contributed by atoms with Gasteiger partial charge in [-0.1, -0.05) is 65.9 Å². The topological polar surface area (TPSA) is 37.4 Å². The number of imide groups is 1. The summed E-state index contributed by atoms with van der Waals surface area (Å²) in [5.41, 5.74) is 4.98. The average Bonchev–Trinajstić information content (AvgIpc) is 2.92. The number of carbonyl (C=O) groups is 2. The summed E-state index contributed by atoms with van der Waals surface area (Å²) in [5.74, 6) is -0.549. The van der Waals surface area contributed by atoms with Gasteiger partial charge in [-0.15, -0.1) is 0 Å². The highest BCUT2D eigenvalue weighted by molar-refractivity contribution is 8.04. The number of nitrogens with zero attached hydrogens (tertiary/aromatic N) is 1. The third-order valence-electron chi connectivity index (χ3n) is 4.81. The Balaban J connectivity index is 1.84. The van der Waals surface area contributed by atoms with Crippen LogP contribution in [0.15, 0.2) is 82.6 Å². The van der Waals surface area contributed by atoms with Crippen LogP contribution in [-0.2, 0) is 9.59 Å². The van der Waals surface area contributed by atoms with E-state index in [0.29, 0.717) is 16.2 Å². The number of benzene rings is 3. The van der Waals surface area contributed by atoms with Crippen molar-refractivity contribution in [2.24, 2.45) is 0 Å². The molecule has 2 amide bonds. The quantitative estimate of drug-likeness (QED) is 0.529. The van der Waals surface area contributed by atoms with Gasteiger partial charge in [0.1, 0.15) is 0 Å². The molecule has 0 N–H and O–H groups in total. The van der Waals surface area contributed by atoms with Crippen molar-refractivity contribution in [2.75, 3.05) is 4.90 Å². The summed E-state index contributed by atoms with van der Waals surface area (Å²) in [6.07, 6.45) is 0. The molecule has 3 aromatic carbocycles. The summed E-state index contributed by atoms with van der Waals surface area (Å²) in [5, 5.41) is 0. The molecular formula is C25H21NO2S. The highest BCUT2D eigenvalue weighted by atomic mass is 32.2. The van der Waals surface area contributed by atoms with E-state index in [0.717, 1.165) is 27.1 Å². The van der Waals surface area contributed by atoms with Crippen molar-refractivity contribution >= 4 is 34.8 Å². The van der Waals surface area contributed by atoms with Crippen molar-refractivity contribution in [1.29, 1.82) is 0 Å². The van der Waals surface area contributed by atoms with E-state index in [1.54, 1.807) is 0 Å². The van der Waals surface area contributed by atoms with Gasteiger partial charge in [-0.3, -0.25) is 9.59 Å². The van der Waals surface area contributed by atoms with Gasteiger partial charge in [0, 0.05) is 4.90 Å². The zero-order valence-electron chi connectivity index (χ0n) is 16.6. The molecule has 0 unspecified atom stereocenters. The molecule has 0 atom stereocenters. The Bertz CT molecular complexity index is 1110. The minimum absolute atomic E-state index is 0.274. The first-order chi connectivity index (χ1) is 13.9. The van der Waals surface area contributed by atoms with Gasteiger partial charge in [-0.05, 0) is 61.7 Å². The van der Waals surface area contributed by atoms with Crippen LogP contribution in [0, 0.1) is 20.8 Å². The van der Waals surface area contributed by atoms with Crippen molar-refractivity contribution in [1.82, 2.24) is 0 Å². The van der Waals surface area contributed by atoms with Gasteiger partial charge in [-0.2, -0.15) is 0 Å². The van der Waals surface area contributed by atoms with Crippen LogP contribution in [0.2, 0.25) is 0 Å². The number of anilines is 1. The molecule has 0 fully saturated rings. The molecule has 0 spiro atoms. The second-order valence-corrected chi connectivity index (χ2v) is 8.36. The van der Waals surface area contributed by atoms with Crippen molar-refractivity contribution in [3.05, 3.63) is 100.0 Å². The number of thioether (sulfide) groups is 1. The molecule has 3 nitrogen and oxygen atoms in total. The monoisotopic (exact) mass is 399 g/mol. The van der Waals surface area contributed by atoms with Gasteiger partial charge >= 0.3 is 0 Å². The van der Waals surface area contributed by atoms with Gasteiger partial charge in [0.05, 0.1) is 16.2 Å². The molecule has 144 valence electrons. The third kappa shape index (κ3) is 3.76. The van der Waals surface area contributed by atoms with Crippen LogP contribution in [0.3, 0.4) is 0 Å². The predicted molar refractivity (Wildman–Crippen MR) is 119 cm³/mol. The summed E-state index contributed by atoms with van der Waals surface area (Å²) in [7, 11) is 0. The minimum Gasteiger partial charge on any atom is -0.268 e. The lowest BCUT2D eigenvalue weighted by atomic mass is 10.0.